The summed E-state index contributed by atoms with van der Waals surface area (Å²) in [5.41, 5.74) is 0. The SMILES string of the molecule is O=NO.[SiH3]Cl. The third-order valence-electron chi connectivity index (χ3n) is 0. The fraction of sp³-hybridized carbons (Fsp3) is 0. The smallest absolute Gasteiger partial charge is 0.152 e. The zero-order valence-corrected chi connectivity index (χ0v) is 5.44. The summed E-state index contributed by atoms with van der Waals surface area (Å²) in [6, 6.07) is 0. The van der Waals surface area contributed by atoms with Crippen LogP contribution in [0.15, 0.2) is 5.34 Å². The van der Waals surface area contributed by atoms with Crippen LogP contribution < -0.4 is 0 Å². The summed E-state index contributed by atoms with van der Waals surface area (Å²) < 4.78 is 0. The Labute approximate surface area is 37.0 Å². The summed E-state index contributed by atoms with van der Waals surface area (Å²) >= 11 is 4.78. The van der Waals surface area contributed by atoms with Crippen LogP contribution in [0.2, 0.25) is 0 Å². The van der Waals surface area contributed by atoms with Crippen molar-refractivity contribution >= 4 is 20.6 Å². The number of halogens is 1. The lowest BCUT2D eigenvalue weighted by molar-refractivity contribution is 0.312. The summed E-state index contributed by atoms with van der Waals surface area (Å²) in [6.07, 6.45) is 0. The molecule has 5 heteroatoms. The second kappa shape index (κ2) is 40.1. The van der Waals surface area contributed by atoms with E-state index in [1.165, 1.54) is 5.34 Å². The molecule has 0 heterocycles. The second-order valence-corrected chi connectivity index (χ2v) is 0.0816. The minimum absolute atomic E-state index is 0.778. The van der Waals surface area contributed by atoms with Gasteiger partial charge in [-0.3, -0.25) is 0 Å². The molecule has 0 aliphatic heterocycles. The third kappa shape index (κ3) is 1640. The van der Waals surface area contributed by atoms with E-state index >= 15 is 0 Å². The van der Waals surface area contributed by atoms with Crippen LogP contribution in [0, 0.1) is 4.91 Å². The molecule has 3 nitrogen and oxygen atoms in total. The van der Waals surface area contributed by atoms with Gasteiger partial charge in [0.25, 0.3) is 0 Å². The minimum Gasteiger partial charge on any atom is -0.379 e. The van der Waals surface area contributed by atoms with Crippen molar-refractivity contribution in [1.82, 2.24) is 0 Å². The van der Waals surface area contributed by atoms with Crippen molar-refractivity contribution < 1.29 is 5.21 Å². The molecule has 0 bridgehead atoms. The van der Waals surface area contributed by atoms with E-state index in [2.05, 4.69) is 0 Å². The topological polar surface area (TPSA) is 49.7 Å². The summed E-state index contributed by atoms with van der Waals surface area (Å²) in [5.74, 6) is 0. The van der Waals surface area contributed by atoms with Gasteiger partial charge in [-0.2, -0.15) is 11.1 Å². The van der Waals surface area contributed by atoms with E-state index in [9.17, 15) is 0 Å². The molecular formula is H4ClNO2Si. The predicted octanol–water partition coefficient (Wildman–Crippen LogP) is -0.352. The van der Waals surface area contributed by atoms with Crippen LogP contribution in [0.4, 0.5) is 0 Å². The molecular weight excluding hydrogens is 110 g/mol. The maximum atomic E-state index is 8.11. The lowest BCUT2D eigenvalue weighted by Crippen LogP contribution is -1.25. The summed E-state index contributed by atoms with van der Waals surface area (Å²) in [4.78, 5) is 8.11. The Morgan fingerprint density at radius 2 is 1.80 bits per heavy atom. The van der Waals surface area contributed by atoms with Gasteiger partial charge in [-0.1, -0.05) is 0 Å². The molecule has 32 valence electrons. The van der Waals surface area contributed by atoms with E-state index in [1.807, 2.05) is 0 Å². The van der Waals surface area contributed by atoms with Crippen molar-refractivity contribution in [1.29, 1.82) is 0 Å². The van der Waals surface area contributed by atoms with Gasteiger partial charge in [-0.25, -0.2) is 0 Å². The monoisotopic (exact) mass is 113 g/mol. The first-order valence-electron chi connectivity index (χ1n) is 0.761. The molecule has 0 radical (unpaired) electrons. The second-order valence-electron chi connectivity index (χ2n) is 0.0816. The maximum Gasteiger partial charge on any atom is 0.152 e. The highest BCUT2D eigenvalue weighted by atomic mass is 35.6. The Kier molecular flexibility index (Phi) is 71.2. The van der Waals surface area contributed by atoms with Gasteiger partial charge in [-0.05, 0) is 0 Å². The van der Waals surface area contributed by atoms with Crippen molar-refractivity contribution in [3.63, 3.8) is 0 Å². The molecule has 5 heavy (non-hydrogen) atoms. The Balaban J connectivity index is 0. The molecule has 0 aromatic heterocycles. The van der Waals surface area contributed by atoms with Gasteiger partial charge < -0.3 is 5.21 Å². The van der Waals surface area contributed by atoms with Gasteiger partial charge in [0.2, 0.25) is 0 Å². The van der Waals surface area contributed by atoms with Crippen molar-refractivity contribution in [2.45, 2.75) is 0 Å². The first-order valence-corrected chi connectivity index (χ1v) is 3.78. The number of rotatable bonds is 0. The van der Waals surface area contributed by atoms with Gasteiger partial charge in [0.1, 0.15) is 9.55 Å². The summed E-state index contributed by atoms with van der Waals surface area (Å²) in [5, 5.41) is 7.89. The largest absolute Gasteiger partial charge is 0.379 e. The van der Waals surface area contributed by atoms with E-state index in [4.69, 9.17) is 21.2 Å². The Morgan fingerprint density at radius 1 is 1.80 bits per heavy atom. The van der Waals surface area contributed by atoms with Crippen LogP contribution in [0.1, 0.15) is 0 Å². The quantitative estimate of drug-likeness (QED) is 0.202. The van der Waals surface area contributed by atoms with Crippen molar-refractivity contribution in [2.24, 2.45) is 5.34 Å². The maximum absolute atomic E-state index is 8.11. The lowest BCUT2D eigenvalue weighted by Gasteiger charge is -1.32. The molecule has 0 rings (SSSR count). The molecule has 0 saturated heterocycles. The highest BCUT2D eigenvalue weighted by Crippen LogP contribution is 1.29. The van der Waals surface area contributed by atoms with Crippen molar-refractivity contribution in [3.8, 4) is 0 Å². The standard InChI is InChI=1S/ClH3Si.HNO2/c1-2;2-1-3/h2H3;(H,2,3). The normalized spacial score (nSPS) is 4.20. The van der Waals surface area contributed by atoms with E-state index < -0.39 is 0 Å². The third-order valence-corrected chi connectivity index (χ3v) is 0. The van der Waals surface area contributed by atoms with E-state index in [1.54, 1.807) is 0 Å². The number of hydrogen-bond acceptors (Lipinski definition) is 2. The lowest BCUT2D eigenvalue weighted by atomic mass is 13.4. The molecule has 0 saturated carbocycles. The molecule has 0 aliphatic rings. The Bertz CT molecular complexity index is 17.1. The molecule has 0 aliphatic carbocycles. The van der Waals surface area contributed by atoms with Crippen LogP contribution in [-0.2, 0) is 0 Å². The van der Waals surface area contributed by atoms with Crippen LogP contribution >= 0.6 is 11.1 Å². The van der Waals surface area contributed by atoms with E-state index in [0.29, 0.717) is 0 Å². The highest BCUT2D eigenvalue weighted by Gasteiger charge is 1.18. The van der Waals surface area contributed by atoms with Crippen LogP contribution in [-0.4, -0.2) is 14.8 Å². The average Bonchev–Trinajstić information content (AvgIpc) is 1.46. The average molecular weight is 114 g/mol. The van der Waals surface area contributed by atoms with Crippen LogP contribution in [0.5, 0.6) is 0 Å². The first-order chi connectivity index (χ1) is 2.41. The van der Waals surface area contributed by atoms with E-state index in [-0.39, 0.29) is 0 Å². The number of nitrogens with zero attached hydrogens (tertiary/aromatic N) is 1. The molecule has 0 spiro atoms. The van der Waals surface area contributed by atoms with E-state index in [0.717, 1.165) is 9.55 Å². The van der Waals surface area contributed by atoms with Crippen molar-refractivity contribution in [3.05, 3.63) is 4.91 Å². The first kappa shape index (κ1) is 8.86. The molecule has 0 aromatic rings. The van der Waals surface area contributed by atoms with Gasteiger partial charge in [0.05, 0.1) is 0 Å². The number of hydrogen-bond donors (Lipinski definition) is 1. The van der Waals surface area contributed by atoms with Gasteiger partial charge in [0.15, 0.2) is 5.34 Å². The van der Waals surface area contributed by atoms with Gasteiger partial charge >= 0.3 is 0 Å². The summed E-state index contributed by atoms with van der Waals surface area (Å²) in [6.45, 7) is 0. The molecule has 1 N–H and O–H groups in total. The Morgan fingerprint density at radius 3 is 1.80 bits per heavy atom. The molecule has 0 aromatic carbocycles. The fourth-order valence-corrected chi connectivity index (χ4v) is 0. The Hall–Kier alpha value is -0.0931. The minimum atomic E-state index is 0.778. The van der Waals surface area contributed by atoms with Crippen LogP contribution in [0.25, 0.3) is 0 Å². The predicted molar refractivity (Wildman–Crippen MR) is 23.4 cm³/mol. The zero-order chi connectivity index (χ0) is 4.71. The molecule has 0 fully saturated rings. The zero-order valence-electron chi connectivity index (χ0n) is 2.68. The summed E-state index contributed by atoms with van der Waals surface area (Å²) in [7, 11) is 0.778. The molecule has 0 unspecified atom stereocenters. The highest BCUT2D eigenvalue weighted by molar-refractivity contribution is 6.80. The molecule has 0 atom stereocenters. The van der Waals surface area contributed by atoms with Gasteiger partial charge in [-0.15, -0.1) is 4.91 Å². The van der Waals surface area contributed by atoms with Crippen LogP contribution in [0.3, 0.4) is 0 Å². The fourth-order valence-electron chi connectivity index (χ4n) is 0. The van der Waals surface area contributed by atoms with Crippen molar-refractivity contribution in [2.75, 3.05) is 0 Å². The molecule has 0 amide bonds. The van der Waals surface area contributed by atoms with Gasteiger partial charge in [0, 0.05) is 0 Å².